The summed E-state index contributed by atoms with van der Waals surface area (Å²) in [5.74, 6) is -0.241. The van der Waals surface area contributed by atoms with Crippen LogP contribution in [-0.2, 0) is 0 Å². The molecular formula is C13H18ClN3O3. The largest absolute Gasteiger partial charge is 0.348 e. The van der Waals surface area contributed by atoms with E-state index in [1.54, 1.807) is 13.0 Å². The predicted molar refractivity (Wildman–Crippen MR) is 78.4 cm³/mol. The average Bonchev–Trinajstić information content (AvgIpc) is 2.40. The minimum absolute atomic E-state index is 0. The van der Waals surface area contributed by atoms with Gasteiger partial charge in [0.25, 0.3) is 11.6 Å². The Hall–Kier alpha value is -1.66. The molecule has 110 valence electrons. The number of amides is 1. The monoisotopic (exact) mass is 299 g/mol. The van der Waals surface area contributed by atoms with Gasteiger partial charge in [-0.2, -0.15) is 0 Å². The fraction of sp³-hybridized carbons (Fsp3) is 0.462. The van der Waals surface area contributed by atoms with Crippen molar-refractivity contribution in [2.24, 2.45) is 0 Å². The Bertz CT molecular complexity index is 502. The maximum atomic E-state index is 12.1. The highest BCUT2D eigenvalue weighted by atomic mass is 35.5. The molecule has 0 aliphatic carbocycles. The van der Waals surface area contributed by atoms with Gasteiger partial charge in [0.1, 0.15) is 0 Å². The highest BCUT2D eigenvalue weighted by Gasteiger charge is 2.19. The van der Waals surface area contributed by atoms with Gasteiger partial charge in [0.2, 0.25) is 0 Å². The van der Waals surface area contributed by atoms with Crippen molar-refractivity contribution in [3.63, 3.8) is 0 Å². The van der Waals surface area contributed by atoms with Gasteiger partial charge < -0.3 is 10.6 Å². The summed E-state index contributed by atoms with van der Waals surface area (Å²) in [5, 5.41) is 16.9. The number of hydrogen-bond donors (Lipinski definition) is 2. The Balaban J connectivity index is 0.00000200. The number of non-ortho nitro benzene ring substituents is 1. The van der Waals surface area contributed by atoms with Crippen molar-refractivity contribution >= 4 is 24.0 Å². The molecule has 0 spiro atoms. The highest BCUT2D eigenvalue weighted by molar-refractivity contribution is 5.96. The summed E-state index contributed by atoms with van der Waals surface area (Å²) in [6.45, 7) is 3.50. The number of benzene rings is 1. The van der Waals surface area contributed by atoms with Crippen molar-refractivity contribution in [3.05, 3.63) is 39.4 Å². The van der Waals surface area contributed by atoms with Gasteiger partial charge in [0, 0.05) is 30.3 Å². The molecule has 1 atom stereocenters. The normalized spacial score (nSPS) is 17.9. The second kappa shape index (κ2) is 7.21. The zero-order valence-corrected chi connectivity index (χ0v) is 12.0. The lowest BCUT2D eigenvalue weighted by Crippen LogP contribution is -2.45. The van der Waals surface area contributed by atoms with Crippen molar-refractivity contribution in [3.8, 4) is 0 Å². The number of hydrogen-bond acceptors (Lipinski definition) is 4. The molecule has 1 aromatic carbocycles. The number of carbonyl (C=O) groups is 1. The minimum Gasteiger partial charge on any atom is -0.348 e. The number of piperidine rings is 1. The predicted octanol–water partition coefficient (Wildman–Crippen LogP) is 1.81. The van der Waals surface area contributed by atoms with Crippen LogP contribution in [0.2, 0.25) is 0 Å². The Morgan fingerprint density at radius 1 is 1.50 bits per heavy atom. The second-order valence-electron chi connectivity index (χ2n) is 4.77. The van der Waals surface area contributed by atoms with E-state index in [-0.39, 0.29) is 30.0 Å². The van der Waals surface area contributed by atoms with Crippen molar-refractivity contribution < 1.29 is 9.72 Å². The summed E-state index contributed by atoms with van der Waals surface area (Å²) < 4.78 is 0. The number of carbonyl (C=O) groups excluding carboxylic acids is 1. The van der Waals surface area contributed by atoms with Crippen LogP contribution in [0.3, 0.4) is 0 Å². The molecule has 1 aromatic rings. The summed E-state index contributed by atoms with van der Waals surface area (Å²) in [7, 11) is 0. The topological polar surface area (TPSA) is 84.3 Å². The Labute approximate surface area is 123 Å². The molecule has 2 N–H and O–H groups in total. The molecule has 7 heteroatoms. The minimum atomic E-state index is -0.488. The summed E-state index contributed by atoms with van der Waals surface area (Å²) in [6, 6.07) is 4.45. The van der Waals surface area contributed by atoms with Gasteiger partial charge in [0.05, 0.1) is 4.92 Å². The highest BCUT2D eigenvalue weighted by Crippen LogP contribution is 2.17. The zero-order valence-electron chi connectivity index (χ0n) is 11.2. The van der Waals surface area contributed by atoms with E-state index < -0.39 is 4.92 Å². The molecule has 0 radical (unpaired) electrons. The number of nitrogens with zero attached hydrogens (tertiary/aromatic N) is 1. The van der Waals surface area contributed by atoms with E-state index in [1.165, 1.54) is 12.1 Å². The van der Waals surface area contributed by atoms with E-state index in [9.17, 15) is 14.9 Å². The van der Waals surface area contributed by atoms with Crippen molar-refractivity contribution in [2.45, 2.75) is 25.8 Å². The second-order valence-corrected chi connectivity index (χ2v) is 4.77. The van der Waals surface area contributed by atoms with E-state index >= 15 is 0 Å². The number of rotatable bonds is 3. The summed E-state index contributed by atoms with van der Waals surface area (Å²) in [5.41, 5.74) is 1.06. The number of halogens is 1. The first-order valence-corrected chi connectivity index (χ1v) is 6.34. The summed E-state index contributed by atoms with van der Waals surface area (Å²) in [6.07, 6.45) is 1.96. The standard InChI is InChI=1S/C13H17N3O3.ClH/c1-9-4-5-11(16(18)19)7-12(9)13(17)15-10-3-2-6-14-8-10;/h4-5,7,10,14H,2-3,6,8H2,1H3,(H,15,17);1H/t10-;/m1./s1. The van der Waals surface area contributed by atoms with E-state index in [0.717, 1.165) is 31.5 Å². The van der Waals surface area contributed by atoms with E-state index in [2.05, 4.69) is 10.6 Å². The Kier molecular flexibility index (Phi) is 5.91. The van der Waals surface area contributed by atoms with Crippen molar-refractivity contribution in [2.75, 3.05) is 13.1 Å². The van der Waals surface area contributed by atoms with Crippen LogP contribution in [0.25, 0.3) is 0 Å². The molecular weight excluding hydrogens is 282 g/mol. The average molecular weight is 300 g/mol. The first kappa shape index (κ1) is 16.4. The molecule has 1 fully saturated rings. The lowest BCUT2D eigenvalue weighted by Gasteiger charge is -2.24. The lowest BCUT2D eigenvalue weighted by atomic mass is 10.0. The quantitative estimate of drug-likeness (QED) is 0.658. The van der Waals surface area contributed by atoms with Gasteiger partial charge in [0.15, 0.2) is 0 Å². The van der Waals surface area contributed by atoms with Crippen LogP contribution in [0.4, 0.5) is 5.69 Å². The van der Waals surface area contributed by atoms with Gasteiger partial charge in [-0.3, -0.25) is 14.9 Å². The van der Waals surface area contributed by atoms with E-state index in [4.69, 9.17) is 0 Å². The molecule has 0 bridgehead atoms. The van der Waals surface area contributed by atoms with Crippen LogP contribution in [-0.4, -0.2) is 30.0 Å². The van der Waals surface area contributed by atoms with Crippen LogP contribution in [0, 0.1) is 17.0 Å². The number of nitro benzene ring substituents is 1. The first-order valence-electron chi connectivity index (χ1n) is 6.34. The molecule has 6 nitrogen and oxygen atoms in total. The van der Waals surface area contributed by atoms with Gasteiger partial charge in [-0.1, -0.05) is 6.07 Å². The zero-order chi connectivity index (χ0) is 13.8. The Morgan fingerprint density at radius 3 is 2.85 bits per heavy atom. The third-order valence-corrected chi connectivity index (χ3v) is 3.31. The van der Waals surface area contributed by atoms with E-state index in [1.807, 2.05) is 0 Å². The first-order chi connectivity index (χ1) is 9.08. The SMILES string of the molecule is Cc1ccc([N+](=O)[O-])cc1C(=O)N[C@@H]1CCCNC1.Cl. The van der Waals surface area contributed by atoms with Crippen LogP contribution in [0.5, 0.6) is 0 Å². The van der Waals surface area contributed by atoms with Crippen molar-refractivity contribution in [1.29, 1.82) is 0 Å². The molecule has 20 heavy (non-hydrogen) atoms. The van der Waals surface area contributed by atoms with Crippen LogP contribution >= 0.6 is 12.4 Å². The molecule has 1 saturated heterocycles. The molecule has 0 unspecified atom stereocenters. The molecule has 0 saturated carbocycles. The third kappa shape index (κ3) is 3.91. The fourth-order valence-corrected chi connectivity index (χ4v) is 2.21. The van der Waals surface area contributed by atoms with Gasteiger partial charge in [-0.05, 0) is 31.9 Å². The van der Waals surface area contributed by atoms with Gasteiger partial charge in [-0.15, -0.1) is 12.4 Å². The molecule has 1 aliphatic rings. The summed E-state index contributed by atoms with van der Waals surface area (Å²) >= 11 is 0. The molecule has 1 amide bonds. The maximum Gasteiger partial charge on any atom is 0.270 e. The smallest absolute Gasteiger partial charge is 0.270 e. The van der Waals surface area contributed by atoms with Gasteiger partial charge in [-0.25, -0.2) is 0 Å². The van der Waals surface area contributed by atoms with Crippen molar-refractivity contribution in [1.82, 2.24) is 10.6 Å². The molecule has 1 heterocycles. The number of nitrogens with one attached hydrogen (secondary N) is 2. The van der Waals surface area contributed by atoms with E-state index in [0.29, 0.717) is 5.56 Å². The molecule has 1 aliphatic heterocycles. The van der Waals surface area contributed by atoms with Crippen LogP contribution in [0.1, 0.15) is 28.8 Å². The van der Waals surface area contributed by atoms with Crippen LogP contribution < -0.4 is 10.6 Å². The molecule has 0 aromatic heterocycles. The Morgan fingerprint density at radius 2 is 2.25 bits per heavy atom. The summed E-state index contributed by atoms with van der Waals surface area (Å²) in [4.78, 5) is 22.4. The fourth-order valence-electron chi connectivity index (χ4n) is 2.21. The lowest BCUT2D eigenvalue weighted by molar-refractivity contribution is -0.384. The number of nitro groups is 1. The van der Waals surface area contributed by atoms with Gasteiger partial charge >= 0.3 is 0 Å². The molecule has 2 rings (SSSR count). The van der Waals surface area contributed by atoms with Crippen LogP contribution in [0.15, 0.2) is 18.2 Å². The third-order valence-electron chi connectivity index (χ3n) is 3.31. The number of aryl methyl sites for hydroxylation is 1. The maximum absolute atomic E-state index is 12.1.